The van der Waals surface area contributed by atoms with Crippen molar-refractivity contribution in [3.8, 4) is 0 Å². The second kappa shape index (κ2) is 8.86. The Morgan fingerprint density at radius 3 is 2.38 bits per heavy atom. The molecule has 1 aliphatic carbocycles. The van der Waals surface area contributed by atoms with Crippen molar-refractivity contribution in [3.63, 3.8) is 0 Å². The van der Waals surface area contributed by atoms with Crippen LogP contribution in [0.4, 0.5) is 5.69 Å². The predicted molar refractivity (Wildman–Crippen MR) is 119 cm³/mol. The number of anilines is 1. The van der Waals surface area contributed by atoms with Gasteiger partial charge in [0.05, 0.1) is 17.3 Å². The molecule has 0 spiro atoms. The van der Waals surface area contributed by atoms with Gasteiger partial charge in [0.15, 0.2) is 0 Å². The smallest absolute Gasteiger partial charge is 0.241 e. The van der Waals surface area contributed by atoms with Crippen LogP contribution in [0.2, 0.25) is 5.02 Å². The molecule has 0 aromatic heterocycles. The van der Waals surface area contributed by atoms with E-state index in [1.165, 1.54) is 5.56 Å². The molecule has 1 N–H and O–H groups in total. The molecule has 2 aromatic rings. The number of piperazine rings is 1. The molecule has 0 radical (unpaired) electrons. The second-order valence-corrected chi connectivity index (χ2v) is 8.58. The molecule has 1 heterocycles. The van der Waals surface area contributed by atoms with Crippen molar-refractivity contribution in [2.75, 3.05) is 31.1 Å². The minimum absolute atomic E-state index is 0.0654. The Labute approximate surface area is 178 Å². The van der Waals surface area contributed by atoms with Crippen LogP contribution in [0.5, 0.6) is 0 Å². The molecule has 1 amide bonds. The average molecular weight is 412 g/mol. The summed E-state index contributed by atoms with van der Waals surface area (Å²) in [6, 6.07) is 18.9. The standard InChI is InChI=1S/C24H30ClN3O/c1-2-26-24(19-8-4-3-5-9-19)14-12-20(13-15-24)27-16-17-28(23(29)18-27)22-11-7-6-10-21(22)25/h3-11,20,26H,2,12-18H2,1H3/t20-,24-. The highest BCUT2D eigenvalue weighted by atomic mass is 35.5. The fourth-order valence-electron chi connectivity index (χ4n) is 5.05. The molecule has 4 nitrogen and oxygen atoms in total. The summed E-state index contributed by atoms with van der Waals surface area (Å²) in [5, 5.41) is 4.42. The summed E-state index contributed by atoms with van der Waals surface area (Å²) in [5.41, 5.74) is 2.29. The molecule has 4 rings (SSSR count). The van der Waals surface area contributed by atoms with E-state index in [2.05, 4.69) is 47.5 Å². The number of carbonyl (C=O) groups excluding carboxylic acids is 1. The van der Waals surface area contributed by atoms with Crippen LogP contribution in [0.1, 0.15) is 38.2 Å². The van der Waals surface area contributed by atoms with Crippen LogP contribution < -0.4 is 10.2 Å². The van der Waals surface area contributed by atoms with Gasteiger partial charge < -0.3 is 10.2 Å². The van der Waals surface area contributed by atoms with Crippen LogP contribution in [0.3, 0.4) is 0 Å². The first-order chi connectivity index (χ1) is 14.1. The number of carbonyl (C=O) groups is 1. The summed E-state index contributed by atoms with van der Waals surface area (Å²) in [5.74, 6) is 0.149. The van der Waals surface area contributed by atoms with Gasteiger partial charge in [-0.15, -0.1) is 0 Å². The largest absolute Gasteiger partial charge is 0.309 e. The molecular formula is C24H30ClN3O. The minimum atomic E-state index is 0.0654. The van der Waals surface area contributed by atoms with Crippen LogP contribution in [-0.2, 0) is 10.3 Å². The van der Waals surface area contributed by atoms with E-state index in [1.54, 1.807) is 0 Å². The Bertz CT molecular complexity index is 833. The van der Waals surface area contributed by atoms with Crippen molar-refractivity contribution in [2.24, 2.45) is 0 Å². The van der Waals surface area contributed by atoms with Gasteiger partial charge in [-0.1, -0.05) is 61.0 Å². The molecule has 154 valence electrons. The van der Waals surface area contributed by atoms with Crippen LogP contribution in [0.25, 0.3) is 0 Å². The van der Waals surface area contributed by atoms with E-state index in [1.807, 2.05) is 29.2 Å². The van der Waals surface area contributed by atoms with Crippen molar-refractivity contribution in [2.45, 2.75) is 44.2 Å². The number of nitrogens with zero attached hydrogens (tertiary/aromatic N) is 2. The molecule has 0 unspecified atom stereocenters. The van der Waals surface area contributed by atoms with E-state index in [9.17, 15) is 4.79 Å². The molecule has 5 heteroatoms. The highest BCUT2D eigenvalue weighted by Gasteiger charge is 2.39. The van der Waals surface area contributed by atoms with Crippen molar-refractivity contribution >= 4 is 23.2 Å². The summed E-state index contributed by atoms with van der Waals surface area (Å²) in [6.07, 6.45) is 4.44. The SMILES string of the molecule is CCN[C@]1(c2ccccc2)CC[C@@H](N2CCN(c3ccccc3Cl)C(=O)C2)CC1. The van der Waals surface area contributed by atoms with Gasteiger partial charge >= 0.3 is 0 Å². The van der Waals surface area contributed by atoms with Gasteiger partial charge in [0.2, 0.25) is 5.91 Å². The summed E-state index contributed by atoms with van der Waals surface area (Å²) >= 11 is 6.31. The van der Waals surface area contributed by atoms with Gasteiger partial charge in [0.25, 0.3) is 0 Å². The van der Waals surface area contributed by atoms with E-state index >= 15 is 0 Å². The maximum Gasteiger partial charge on any atom is 0.241 e. The van der Waals surface area contributed by atoms with Gasteiger partial charge in [0, 0.05) is 24.7 Å². The zero-order chi connectivity index (χ0) is 20.3. The number of halogens is 1. The summed E-state index contributed by atoms with van der Waals surface area (Å²) in [7, 11) is 0. The highest BCUT2D eigenvalue weighted by molar-refractivity contribution is 6.33. The summed E-state index contributed by atoms with van der Waals surface area (Å²) < 4.78 is 0. The van der Waals surface area contributed by atoms with Crippen molar-refractivity contribution < 1.29 is 4.79 Å². The highest BCUT2D eigenvalue weighted by Crippen LogP contribution is 2.39. The van der Waals surface area contributed by atoms with Gasteiger partial charge in [0.1, 0.15) is 0 Å². The molecule has 0 atom stereocenters. The molecule has 0 bridgehead atoms. The summed E-state index contributed by atoms with van der Waals surface area (Å²) in [6.45, 7) is 5.24. The van der Waals surface area contributed by atoms with Crippen LogP contribution >= 0.6 is 11.6 Å². The average Bonchev–Trinajstić information content (AvgIpc) is 2.76. The first kappa shape index (κ1) is 20.4. The number of benzene rings is 2. The third-order valence-corrected chi connectivity index (χ3v) is 6.88. The molecule has 1 saturated carbocycles. The Kier molecular flexibility index (Phi) is 6.23. The zero-order valence-corrected chi connectivity index (χ0v) is 17.9. The third-order valence-electron chi connectivity index (χ3n) is 6.56. The maximum atomic E-state index is 12.9. The lowest BCUT2D eigenvalue weighted by Gasteiger charge is -2.46. The van der Waals surface area contributed by atoms with Crippen LogP contribution in [0, 0.1) is 0 Å². The van der Waals surface area contributed by atoms with Crippen molar-refractivity contribution in [1.82, 2.24) is 10.2 Å². The fraction of sp³-hybridized carbons (Fsp3) is 0.458. The van der Waals surface area contributed by atoms with Gasteiger partial charge in [-0.2, -0.15) is 0 Å². The normalized spacial score (nSPS) is 25.9. The lowest BCUT2D eigenvalue weighted by Crippen LogP contribution is -2.56. The molecule has 2 aromatic carbocycles. The Hall–Kier alpha value is -1.88. The van der Waals surface area contributed by atoms with E-state index < -0.39 is 0 Å². The predicted octanol–water partition coefficient (Wildman–Crippen LogP) is 4.44. The first-order valence-electron chi connectivity index (χ1n) is 10.7. The summed E-state index contributed by atoms with van der Waals surface area (Å²) in [4.78, 5) is 17.1. The Morgan fingerprint density at radius 2 is 1.72 bits per heavy atom. The molecule has 1 saturated heterocycles. The van der Waals surface area contributed by atoms with Gasteiger partial charge in [-0.3, -0.25) is 9.69 Å². The number of hydrogen-bond acceptors (Lipinski definition) is 3. The quantitative estimate of drug-likeness (QED) is 0.790. The maximum absolute atomic E-state index is 12.9. The van der Waals surface area contributed by atoms with E-state index in [0.29, 0.717) is 24.2 Å². The van der Waals surface area contributed by atoms with Gasteiger partial charge in [-0.05, 0) is 49.9 Å². The number of rotatable bonds is 5. The van der Waals surface area contributed by atoms with Crippen LogP contribution in [-0.4, -0.2) is 43.0 Å². The molecule has 2 aliphatic rings. The van der Waals surface area contributed by atoms with Crippen molar-refractivity contribution in [1.29, 1.82) is 0 Å². The zero-order valence-electron chi connectivity index (χ0n) is 17.1. The second-order valence-electron chi connectivity index (χ2n) is 8.18. The molecular weight excluding hydrogens is 382 g/mol. The van der Waals surface area contributed by atoms with E-state index in [-0.39, 0.29) is 11.4 Å². The first-order valence-corrected chi connectivity index (χ1v) is 11.1. The third kappa shape index (κ3) is 4.20. The topological polar surface area (TPSA) is 35.6 Å². The van der Waals surface area contributed by atoms with Gasteiger partial charge in [-0.25, -0.2) is 0 Å². The van der Waals surface area contributed by atoms with E-state index in [0.717, 1.165) is 44.5 Å². The van der Waals surface area contributed by atoms with Crippen LogP contribution in [0.15, 0.2) is 54.6 Å². The lowest BCUT2D eigenvalue weighted by atomic mass is 9.74. The number of amides is 1. The molecule has 2 fully saturated rings. The number of hydrogen-bond donors (Lipinski definition) is 1. The number of para-hydroxylation sites is 1. The molecule has 1 aliphatic heterocycles. The van der Waals surface area contributed by atoms with E-state index in [4.69, 9.17) is 11.6 Å². The monoisotopic (exact) mass is 411 g/mol. The Balaban J connectivity index is 1.41. The lowest BCUT2D eigenvalue weighted by molar-refractivity contribution is -0.122. The van der Waals surface area contributed by atoms with Crippen molar-refractivity contribution in [3.05, 3.63) is 65.2 Å². The Morgan fingerprint density at radius 1 is 1.03 bits per heavy atom. The number of nitrogens with one attached hydrogen (secondary N) is 1. The fourth-order valence-corrected chi connectivity index (χ4v) is 5.29. The molecule has 29 heavy (non-hydrogen) atoms. The minimum Gasteiger partial charge on any atom is -0.309 e.